The first-order chi connectivity index (χ1) is 21.6. The Kier molecular flexibility index (Phi) is 12.0. The Morgan fingerprint density at radius 1 is 0.911 bits per heavy atom. The van der Waals surface area contributed by atoms with Gasteiger partial charge >= 0.3 is 0 Å². The lowest BCUT2D eigenvalue weighted by atomic mass is 10.0. The average Bonchev–Trinajstić information content (AvgIpc) is 3.05. The smallest absolute Gasteiger partial charge is 0.264 e. The topological polar surface area (TPSA) is 96.0 Å². The second-order valence-electron chi connectivity index (χ2n) is 10.3. The molecule has 0 heterocycles. The molecule has 0 aliphatic heterocycles. The van der Waals surface area contributed by atoms with E-state index in [9.17, 15) is 18.0 Å². The predicted molar refractivity (Wildman–Crippen MR) is 181 cm³/mol. The average molecular weight is 713 g/mol. The first kappa shape index (κ1) is 34.0. The van der Waals surface area contributed by atoms with Crippen LogP contribution in [0.5, 0.6) is 5.75 Å². The van der Waals surface area contributed by atoms with E-state index in [2.05, 4.69) is 21.2 Å². The van der Waals surface area contributed by atoms with Gasteiger partial charge in [0.15, 0.2) is 0 Å². The zero-order chi connectivity index (χ0) is 32.4. The maximum absolute atomic E-state index is 14.4. The SMILES string of the molecule is CCCNC(=O)[C@@H](Cc1ccccc1)N(Cc1ccc(Br)cc1)C(=O)CN(c1cccc(Cl)c1)S(=O)(=O)c1ccc(OC)cc1. The maximum atomic E-state index is 14.4. The van der Waals surface area contributed by atoms with Crippen LogP contribution in [0.2, 0.25) is 5.02 Å². The van der Waals surface area contributed by atoms with Gasteiger partial charge in [-0.05, 0) is 72.1 Å². The van der Waals surface area contributed by atoms with Gasteiger partial charge in [-0.25, -0.2) is 8.42 Å². The molecule has 0 bridgehead atoms. The van der Waals surface area contributed by atoms with Crippen molar-refractivity contribution >= 4 is 55.1 Å². The van der Waals surface area contributed by atoms with Crippen LogP contribution in [0.1, 0.15) is 24.5 Å². The third kappa shape index (κ3) is 9.09. The zero-order valence-electron chi connectivity index (χ0n) is 25.0. The number of nitrogens with one attached hydrogen (secondary N) is 1. The molecule has 8 nitrogen and oxygen atoms in total. The molecule has 0 aliphatic carbocycles. The van der Waals surface area contributed by atoms with Gasteiger partial charge < -0.3 is 15.0 Å². The van der Waals surface area contributed by atoms with E-state index in [1.807, 2.05) is 61.5 Å². The van der Waals surface area contributed by atoms with Gasteiger partial charge in [-0.3, -0.25) is 13.9 Å². The van der Waals surface area contributed by atoms with Crippen LogP contribution in [-0.4, -0.2) is 51.4 Å². The van der Waals surface area contributed by atoms with Crippen LogP contribution >= 0.6 is 27.5 Å². The van der Waals surface area contributed by atoms with Crippen LogP contribution in [0, 0.1) is 0 Å². The van der Waals surface area contributed by atoms with Gasteiger partial charge in [0.2, 0.25) is 11.8 Å². The molecule has 2 amide bonds. The third-order valence-electron chi connectivity index (χ3n) is 7.11. The molecule has 1 N–H and O–H groups in total. The summed E-state index contributed by atoms with van der Waals surface area (Å²) in [6, 6.07) is 28.2. The van der Waals surface area contributed by atoms with E-state index in [1.54, 1.807) is 30.3 Å². The van der Waals surface area contributed by atoms with Crippen LogP contribution in [0.25, 0.3) is 0 Å². The molecule has 0 aromatic heterocycles. The normalized spacial score (nSPS) is 11.8. The summed E-state index contributed by atoms with van der Waals surface area (Å²) in [5.41, 5.74) is 1.85. The van der Waals surface area contributed by atoms with E-state index in [0.29, 0.717) is 23.7 Å². The van der Waals surface area contributed by atoms with Gasteiger partial charge in [0, 0.05) is 29.0 Å². The Bertz CT molecular complexity index is 1690. The Balaban J connectivity index is 1.79. The van der Waals surface area contributed by atoms with Crippen molar-refractivity contribution < 1.29 is 22.7 Å². The van der Waals surface area contributed by atoms with E-state index < -0.39 is 28.5 Å². The van der Waals surface area contributed by atoms with Crippen molar-refractivity contribution in [1.29, 1.82) is 0 Å². The molecule has 1 atom stereocenters. The molecule has 0 radical (unpaired) electrons. The van der Waals surface area contributed by atoms with Gasteiger partial charge in [0.25, 0.3) is 10.0 Å². The van der Waals surface area contributed by atoms with Crippen molar-refractivity contribution in [2.75, 3.05) is 24.5 Å². The number of carbonyl (C=O) groups excluding carboxylic acids is 2. The van der Waals surface area contributed by atoms with Crippen molar-refractivity contribution in [3.63, 3.8) is 0 Å². The molecule has 11 heteroatoms. The summed E-state index contributed by atoms with van der Waals surface area (Å²) in [7, 11) is -2.77. The Labute approximate surface area is 278 Å². The van der Waals surface area contributed by atoms with E-state index in [0.717, 1.165) is 19.9 Å². The number of hydrogen-bond acceptors (Lipinski definition) is 5. The third-order valence-corrected chi connectivity index (χ3v) is 9.66. The number of hydrogen-bond donors (Lipinski definition) is 1. The molecule has 0 aliphatic rings. The lowest BCUT2D eigenvalue weighted by Gasteiger charge is -2.34. The number of sulfonamides is 1. The monoisotopic (exact) mass is 711 g/mol. The fraction of sp³-hybridized carbons (Fsp3) is 0.235. The molecule has 4 rings (SSSR count). The molecule has 4 aromatic rings. The molecular formula is C34H35BrClN3O5S. The van der Waals surface area contributed by atoms with Crippen LogP contribution in [0.3, 0.4) is 0 Å². The number of anilines is 1. The van der Waals surface area contributed by atoms with Crippen LogP contribution in [0.15, 0.2) is 112 Å². The summed E-state index contributed by atoms with van der Waals surface area (Å²) in [6.07, 6.45) is 0.953. The number of halogens is 2. The highest BCUT2D eigenvalue weighted by Gasteiger charge is 2.34. The molecule has 0 saturated carbocycles. The molecule has 0 saturated heterocycles. The van der Waals surface area contributed by atoms with Gasteiger partial charge in [-0.2, -0.15) is 0 Å². The van der Waals surface area contributed by atoms with Gasteiger partial charge in [0.1, 0.15) is 18.3 Å². The maximum Gasteiger partial charge on any atom is 0.264 e. The summed E-state index contributed by atoms with van der Waals surface area (Å²) in [4.78, 5) is 29.6. The minimum absolute atomic E-state index is 0.0305. The number of carbonyl (C=O) groups is 2. The predicted octanol–water partition coefficient (Wildman–Crippen LogP) is 6.47. The van der Waals surface area contributed by atoms with Crippen molar-refractivity contribution in [3.05, 3.63) is 124 Å². The lowest BCUT2D eigenvalue weighted by Crippen LogP contribution is -2.53. The molecule has 45 heavy (non-hydrogen) atoms. The largest absolute Gasteiger partial charge is 0.497 e. The van der Waals surface area contributed by atoms with Crippen LogP contribution in [-0.2, 0) is 32.6 Å². The number of ether oxygens (including phenoxy) is 1. The van der Waals surface area contributed by atoms with Crippen LogP contribution in [0.4, 0.5) is 5.69 Å². The Morgan fingerprint density at radius 3 is 2.22 bits per heavy atom. The van der Waals surface area contributed by atoms with Crippen molar-refractivity contribution in [1.82, 2.24) is 10.2 Å². The summed E-state index contributed by atoms with van der Waals surface area (Å²) in [6.45, 7) is 1.89. The number of nitrogens with zero attached hydrogens (tertiary/aromatic N) is 2. The highest BCUT2D eigenvalue weighted by Crippen LogP contribution is 2.28. The Hall–Kier alpha value is -3.86. The quantitative estimate of drug-likeness (QED) is 0.162. The van der Waals surface area contributed by atoms with E-state index in [-0.39, 0.29) is 29.5 Å². The minimum Gasteiger partial charge on any atom is -0.497 e. The van der Waals surface area contributed by atoms with Crippen molar-refractivity contribution in [2.45, 2.75) is 37.2 Å². The molecule has 0 unspecified atom stereocenters. The molecular weight excluding hydrogens is 678 g/mol. The summed E-state index contributed by atoms with van der Waals surface area (Å²) in [5.74, 6) is -0.386. The second kappa shape index (κ2) is 15.9. The van der Waals surface area contributed by atoms with Gasteiger partial charge in [-0.15, -0.1) is 0 Å². The Morgan fingerprint density at radius 2 is 1.60 bits per heavy atom. The molecule has 4 aromatic carbocycles. The van der Waals surface area contributed by atoms with Gasteiger partial charge in [0.05, 0.1) is 17.7 Å². The van der Waals surface area contributed by atoms with Gasteiger partial charge in [-0.1, -0.05) is 83.0 Å². The highest BCUT2D eigenvalue weighted by atomic mass is 79.9. The standard InChI is InChI=1S/C34H35BrClN3O5S/c1-3-20-37-34(41)32(21-25-8-5-4-6-9-25)38(23-26-12-14-27(35)15-13-26)33(40)24-39(29-11-7-10-28(36)22-29)45(42,43)31-18-16-30(44-2)17-19-31/h4-19,22,32H,3,20-21,23-24H2,1-2H3,(H,37,41)/t32-/m1/s1. The lowest BCUT2D eigenvalue weighted by molar-refractivity contribution is -0.140. The van der Waals surface area contributed by atoms with Crippen molar-refractivity contribution in [3.8, 4) is 5.75 Å². The zero-order valence-corrected chi connectivity index (χ0v) is 28.2. The fourth-order valence-corrected chi connectivity index (χ4v) is 6.60. The number of amides is 2. The van der Waals surface area contributed by atoms with E-state index >= 15 is 0 Å². The highest BCUT2D eigenvalue weighted by molar-refractivity contribution is 9.10. The van der Waals surface area contributed by atoms with E-state index in [1.165, 1.54) is 30.2 Å². The summed E-state index contributed by atoms with van der Waals surface area (Å²) < 4.78 is 35.3. The first-order valence-corrected chi connectivity index (χ1v) is 17.0. The summed E-state index contributed by atoms with van der Waals surface area (Å²) >= 11 is 9.73. The summed E-state index contributed by atoms with van der Waals surface area (Å²) in [5, 5.41) is 3.25. The second-order valence-corrected chi connectivity index (χ2v) is 13.5. The molecule has 236 valence electrons. The minimum atomic E-state index is -4.26. The number of rotatable bonds is 14. The number of methoxy groups -OCH3 is 1. The van der Waals surface area contributed by atoms with Crippen molar-refractivity contribution in [2.24, 2.45) is 0 Å². The molecule has 0 spiro atoms. The van der Waals surface area contributed by atoms with E-state index in [4.69, 9.17) is 16.3 Å². The van der Waals surface area contributed by atoms with Crippen LogP contribution < -0.4 is 14.4 Å². The molecule has 0 fully saturated rings. The number of benzene rings is 4. The first-order valence-electron chi connectivity index (χ1n) is 14.4. The fourth-order valence-electron chi connectivity index (χ4n) is 4.74.